The summed E-state index contributed by atoms with van der Waals surface area (Å²) >= 11 is 0. The van der Waals surface area contributed by atoms with E-state index in [1.54, 1.807) is 0 Å². The first-order valence-corrected chi connectivity index (χ1v) is 8.35. The van der Waals surface area contributed by atoms with Crippen LogP contribution in [-0.4, -0.2) is 6.54 Å². The van der Waals surface area contributed by atoms with E-state index in [-0.39, 0.29) is 17.0 Å². The highest BCUT2D eigenvalue weighted by molar-refractivity contribution is 4.61. The van der Waals surface area contributed by atoms with E-state index in [9.17, 15) is 0 Å². The summed E-state index contributed by atoms with van der Waals surface area (Å²) in [7, 11) is 0. The molecule has 1 nitrogen and oxygen atoms in total. The Morgan fingerprint density at radius 2 is 0.895 bits per heavy atom. The molecule has 0 saturated heterocycles. The van der Waals surface area contributed by atoms with Crippen LogP contribution in [0, 0.1) is 5.41 Å². The first kappa shape index (κ1) is 21.7. The van der Waals surface area contributed by atoms with Gasteiger partial charge in [-0.2, -0.15) is 0 Å². The Balaban J connectivity index is 0. The standard InChI is InChI=1S/C17H37N.BrH/c1-17(2,3)15-13-11-9-7-5-4-6-8-10-12-14-16-18;/h4-16,18H2,1-3H3;1H. The first-order valence-electron chi connectivity index (χ1n) is 8.35. The molecule has 0 aromatic rings. The van der Waals surface area contributed by atoms with Crippen LogP contribution in [0.1, 0.15) is 97.8 Å². The Labute approximate surface area is 132 Å². The predicted molar refractivity (Wildman–Crippen MR) is 82.6 cm³/mol. The zero-order valence-electron chi connectivity index (χ0n) is 13.8. The summed E-state index contributed by atoms with van der Waals surface area (Å²) in [6.45, 7) is 8.17. The molecule has 0 fully saturated rings. The molecule has 0 spiro atoms. The number of hydrogen-bond acceptors (Lipinski definition) is 0. The van der Waals surface area contributed by atoms with Crippen LogP contribution >= 0.6 is 0 Å². The quantitative estimate of drug-likeness (QED) is 0.528. The number of quaternary nitrogens is 1. The van der Waals surface area contributed by atoms with Gasteiger partial charge in [-0.3, -0.25) is 0 Å². The van der Waals surface area contributed by atoms with Gasteiger partial charge in [0, 0.05) is 0 Å². The Kier molecular flexibility index (Phi) is 17.0. The van der Waals surface area contributed by atoms with Crippen molar-refractivity contribution in [3.05, 3.63) is 0 Å². The highest BCUT2D eigenvalue weighted by atomic mass is 79.9. The van der Waals surface area contributed by atoms with Crippen LogP contribution in [0.5, 0.6) is 0 Å². The molecule has 2 heteroatoms. The van der Waals surface area contributed by atoms with Crippen LogP contribution < -0.4 is 22.7 Å². The first-order chi connectivity index (χ1) is 8.56. The van der Waals surface area contributed by atoms with Gasteiger partial charge < -0.3 is 22.7 Å². The van der Waals surface area contributed by atoms with Crippen molar-refractivity contribution in [2.24, 2.45) is 5.41 Å². The lowest BCUT2D eigenvalue weighted by atomic mass is 9.89. The molecule has 0 unspecified atom stereocenters. The fourth-order valence-electron chi connectivity index (χ4n) is 2.42. The maximum atomic E-state index is 3.88. The number of halogens is 1. The van der Waals surface area contributed by atoms with Crippen LogP contribution in [0.4, 0.5) is 0 Å². The Morgan fingerprint density at radius 3 is 1.21 bits per heavy atom. The molecule has 19 heavy (non-hydrogen) atoms. The van der Waals surface area contributed by atoms with Crippen molar-refractivity contribution in [2.75, 3.05) is 6.54 Å². The minimum Gasteiger partial charge on any atom is -1.00 e. The van der Waals surface area contributed by atoms with Gasteiger partial charge in [-0.15, -0.1) is 0 Å². The molecule has 0 aliphatic rings. The molecule has 0 rings (SSSR count). The maximum Gasteiger partial charge on any atom is 0.0739 e. The average Bonchev–Trinajstić information content (AvgIpc) is 2.29. The molecule has 0 aliphatic heterocycles. The van der Waals surface area contributed by atoms with Crippen LogP contribution in [-0.2, 0) is 0 Å². The lowest BCUT2D eigenvalue weighted by Crippen LogP contribution is -3.00. The monoisotopic (exact) mass is 335 g/mol. The third-order valence-electron chi connectivity index (χ3n) is 3.68. The summed E-state index contributed by atoms with van der Waals surface area (Å²) in [5.41, 5.74) is 4.42. The third kappa shape index (κ3) is 20.9. The van der Waals surface area contributed by atoms with E-state index < -0.39 is 0 Å². The Morgan fingerprint density at radius 1 is 0.579 bits per heavy atom. The second kappa shape index (κ2) is 14.8. The Hall–Kier alpha value is 0.440. The summed E-state index contributed by atoms with van der Waals surface area (Å²) in [5, 5.41) is 0. The second-order valence-electron chi connectivity index (χ2n) is 7.05. The SMILES string of the molecule is CC(C)(C)CCCCCCCCCCCCC[NH3+].[Br-]. The van der Waals surface area contributed by atoms with Gasteiger partial charge in [0.2, 0.25) is 0 Å². The van der Waals surface area contributed by atoms with Crippen molar-refractivity contribution in [2.45, 2.75) is 97.8 Å². The van der Waals surface area contributed by atoms with Crippen LogP contribution in [0.15, 0.2) is 0 Å². The number of unbranched alkanes of at least 4 members (excludes halogenated alkanes) is 10. The van der Waals surface area contributed by atoms with Gasteiger partial charge in [0.15, 0.2) is 0 Å². The van der Waals surface area contributed by atoms with Gasteiger partial charge in [-0.05, 0) is 24.7 Å². The highest BCUT2D eigenvalue weighted by Crippen LogP contribution is 2.22. The molecular weight excluding hydrogens is 298 g/mol. The fraction of sp³-hybridized carbons (Fsp3) is 1.00. The van der Waals surface area contributed by atoms with E-state index in [0.29, 0.717) is 5.41 Å². The molecule has 0 aromatic carbocycles. The third-order valence-corrected chi connectivity index (χ3v) is 3.68. The molecule has 118 valence electrons. The molecular formula is C17H38BrN. The summed E-state index contributed by atoms with van der Waals surface area (Å²) < 4.78 is 0. The predicted octanol–water partition coefficient (Wildman–Crippen LogP) is 1.96. The molecule has 0 radical (unpaired) electrons. The Bertz CT molecular complexity index is 163. The smallest absolute Gasteiger partial charge is 0.0739 e. The van der Waals surface area contributed by atoms with Crippen LogP contribution in [0.25, 0.3) is 0 Å². The number of hydrogen-bond donors (Lipinski definition) is 1. The van der Waals surface area contributed by atoms with Crippen molar-refractivity contribution in [3.63, 3.8) is 0 Å². The molecule has 0 atom stereocenters. The van der Waals surface area contributed by atoms with Gasteiger partial charge in [0.05, 0.1) is 6.54 Å². The van der Waals surface area contributed by atoms with E-state index >= 15 is 0 Å². The normalized spacial score (nSPS) is 11.4. The minimum atomic E-state index is 0. The zero-order chi connectivity index (χ0) is 13.7. The van der Waals surface area contributed by atoms with E-state index in [1.807, 2.05) is 0 Å². The van der Waals surface area contributed by atoms with Gasteiger partial charge in [-0.25, -0.2) is 0 Å². The van der Waals surface area contributed by atoms with Crippen molar-refractivity contribution in [3.8, 4) is 0 Å². The van der Waals surface area contributed by atoms with Crippen LogP contribution in [0.3, 0.4) is 0 Å². The summed E-state index contributed by atoms with van der Waals surface area (Å²) in [6.07, 6.45) is 17.2. The fourth-order valence-corrected chi connectivity index (χ4v) is 2.42. The largest absolute Gasteiger partial charge is 1.00 e. The molecule has 0 bridgehead atoms. The highest BCUT2D eigenvalue weighted by Gasteiger charge is 2.08. The molecule has 0 heterocycles. The van der Waals surface area contributed by atoms with Gasteiger partial charge in [-0.1, -0.05) is 78.6 Å². The second-order valence-corrected chi connectivity index (χ2v) is 7.05. The molecule has 0 amide bonds. The average molecular weight is 336 g/mol. The lowest BCUT2D eigenvalue weighted by molar-refractivity contribution is -0.368. The topological polar surface area (TPSA) is 27.6 Å². The maximum absolute atomic E-state index is 3.88. The summed E-state index contributed by atoms with van der Waals surface area (Å²) in [5.74, 6) is 0. The van der Waals surface area contributed by atoms with Crippen molar-refractivity contribution < 1.29 is 22.7 Å². The van der Waals surface area contributed by atoms with Crippen molar-refractivity contribution >= 4 is 0 Å². The number of rotatable bonds is 12. The van der Waals surface area contributed by atoms with E-state index in [1.165, 1.54) is 77.0 Å². The van der Waals surface area contributed by atoms with Gasteiger partial charge in [0.1, 0.15) is 0 Å². The molecule has 0 aliphatic carbocycles. The molecule has 3 N–H and O–H groups in total. The van der Waals surface area contributed by atoms with E-state index in [4.69, 9.17) is 0 Å². The summed E-state index contributed by atoms with van der Waals surface area (Å²) in [6, 6.07) is 0. The lowest BCUT2D eigenvalue weighted by Gasteiger charge is -2.17. The molecule has 0 saturated carbocycles. The van der Waals surface area contributed by atoms with Crippen LogP contribution in [0.2, 0.25) is 0 Å². The van der Waals surface area contributed by atoms with E-state index in [0.717, 1.165) is 6.54 Å². The van der Waals surface area contributed by atoms with Gasteiger partial charge >= 0.3 is 0 Å². The van der Waals surface area contributed by atoms with E-state index in [2.05, 4.69) is 26.5 Å². The minimum absolute atomic E-state index is 0. The van der Waals surface area contributed by atoms with Crippen molar-refractivity contribution in [1.82, 2.24) is 0 Å². The zero-order valence-corrected chi connectivity index (χ0v) is 15.4. The summed E-state index contributed by atoms with van der Waals surface area (Å²) in [4.78, 5) is 0. The molecule has 0 aromatic heterocycles. The van der Waals surface area contributed by atoms with Crippen molar-refractivity contribution in [1.29, 1.82) is 0 Å². The van der Waals surface area contributed by atoms with Gasteiger partial charge in [0.25, 0.3) is 0 Å².